The number of carbonyl (C=O) groups is 2. The molecule has 1 N–H and O–H groups in total. The van der Waals surface area contributed by atoms with Gasteiger partial charge < -0.3 is 14.7 Å². The van der Waals surface area contributed by atoms with E-state index in [2.05, 4.69) is 0 Å². The van der Waals surface area contributed by atoms with E-state index in [-0.39, 0.29) is 17.7 Å². The van der Waals surface area contributed by atoms with Gasteiger partial charge >= 0.3 is 5.97 Å². The van der Waals surface area contributed by atoms with Crippen molar-refractivity contribution in [1.29, 1.82) is 0 Å². The number of carbonyl (C=O) groups excluding carboxylic acids is 1. The molecule has 0 aliphatic carbocycles. The molecule has 7 heteroatoms. The third-order valence-corrected chi connectivity index (χ3v) is 4.20. The molecule has 108 valence electrons. The van der Waals surface area contributed by atoms with E-state index in [0.717, 1.165) is 0 Å². The van der Waals surface area contributed by atoms with Crippen LogP contribution in [0.1, 0.15) is 6.92 Å². The summed E-state index contributed by atoms with van der Waals surface area (Å²) in [5.74, 6) is -1.73. The number of carboxylic acid groups (broad SMARTS) is 1. The van der Waals surface area contributed by atoms with E-state index in [1.165, 1.54) is 34.9 Å². The van der Waals surface area contributed by atoms with Crippen LogP contribution in [0, 0.1) is 5.82 Å². The van der Waals surface area contributed by atoms with Crippen molar-refractivity contribution in [1.82, 2.24) is 4.90 Å². The number of benzene rings is 1. The van der Waals surface area contributed by atoms with Gasteiger partial charge in [-0.05, 0) is 19.1 Å². The number of hydrogen-bond acceptors (Lipinski definition) is 4. The summed E-state index contributed by atoms with van der Waals surface area (Å²) in [6.45, 7) is 1.38. The van der Waals surface area contributed by atoms with Gasteiger partial charge in [0.15, 0.2) is 18.2 Å². The number of para-hydroxylation sites is 1. The summed E-state index contributed by atoms with van der Waals surface area (Å²) in [6.07, 6.45) is 0. The van der Waals surface area contributed by atoms with Crippen molar-refractivity contribution in [2.24, 2.45) is 0 Å². The Morgan fingerprint density at radius 1 is 1.50 bits per heavy atom. The second kappa shape index (κ2) is 6.13. The Kier molecular flexibility index (Phi) is 4.49. The Morgan fingerprint density at radius 2 is 2.20 bits per heavy atom. The lowest BCUT2D eigenvalue weighted by Gasteiger charge is -2.24. The van der Waals surface area contributed by atoms with E-state index in [9.17, 15) is 14.0 Å². The molecule has 0 aromatic heterocycles. The van der Waals surface area contributed by atoms with Gasteiger partial charge in [-0.3, -0.25) is 4.79 Å². The van der Waals surface area contributed by atoms with Gasteiger partial charge in [-0.1, -0.05) is 12.1 Å². The summed E-state index contributed by atoms with van der Waals surface area (Å²) in [6, 6.07) is 4.90. The van der Waals surface area contributed by atoms with Crippen molar-refractivity contribution in [2.75, 3.05) is 12.4 Å². The number of thioether (sulfide) groups is 1. The van der Waals surface area contributed by atoms with Gasteiger partial charge in [0.25, 0.3) is 5.91 Å². The Morgan fingerprint density at radius 3 is 2.85 bits per heavy atom. The lowest BCUT2D eigenvalue weighted by atomic mass is 10.3. The minimum Gasteiger partial charge on any atom is -0.481 e. The van der Waals surface area contributed by atoms with Crippen LogP contribution in [0.2, 0.25) is 0 Å². The van der Waals surface area contributed by atoms with Crippen LogP contribution in [0.25, 0.3) is 0 Å². The summed E-state index contributed by atoms with van der Waals surface area (Å²) in [5, 5.41) is 8.84. The van der Waals surface area contributed by atoms with Crippen LogP contribution in [0.5, 0.6) is 5.75 Å². The number of rotatable bonds is 4. The highest BCUT2D eigenvalue weighted by atomic mass is 32.2. The molecule has 1 saturated heterocycles. The fourth-order valence-electron chi connectivity index (χ4n) is 1.99. The Labute approximate surface area is 119 Å². The van der Waals surface area contributed by atoms with Crippen LogP contribution >= 0.6 is 11.8 Å². The first kappa shape index (κ1) is 14.6. The Hall–Kier alpha value is -1.76. The van der Waals surface area contributed by atoms with E-state index < -0.39 is 23.7 Å². The average molecular weight is 299 g/mol. The van der Waals surface area contributed by atoms with Crippen molar-refractivity contribution in [3.05, 3.63) is 30.1 Å². The van der Waals surface area contributed by atoms with Gasteiger partial charge in [0.2, 0.25) is 0 Å². The fourth-order valence-corrected chi connectivity index (χ4v) is 3.18. The van der Waals surface area contributed by atoms with Crippen LogP contribution in [-0.2, 0) is 9.59 Å². The van der Waals surface area contributed by atoms with Gasteiger partial charge in [0, 0.05) is 5.75 Å². The third-order valence-electron chi connectivity index (χ3n) is 2.98. The van der Waals surface area contributed by atoms with E-state index in [1.807, 2.05) is 0 Å². The number of ether oxygens (including phenoxy) is 1. The highest BCUT2D eigenvalue weighted by molar-refractivity contribution is 8.00. The molecule has 0 spiro atoms. The van der Waals surface area contributed by atoms with Crippen molar-refractivity contribution in [3.63, 3.8) is 0 Å². The number of hydrogen-bond donors (Lipinski definition) is 1. The SMILES string of the molecule is CC1SCC(C(=O)O)N1C(=O)COc1ccccc1F. The lowest BCUT2D eigenvalue weighted by molar-refractivity contribution is -0.149. The first-order valence-electron chi connectivity index (χ1n) is 6.03. The molecule has 1 heterocycles. The number of nitrogens with zero attached hydrogens (tertiary/aromatic N) is 1. The monoisotopic (exact) mass is 299 g/mol. The first-order chi connectivity index (χ1) is 9.50. The molecule has 2 rings (SSSR count). The van der Waals surface area contributed by atoms with Crippen molar-refractivity contribution < 1.29 is 23.8 Å². The maximum Gasteiger partial charge on any atom is 0.327 e. The summed E-state index contributed by atoms with van der Waals surface area (Å²) in [4.78, 5) is 24.4. The molecule has 1 aromatic rings. The normalized spacial score (nSPS) is 21.8. The largest absolute Gasteiger partial charge is 0.481 e. The second-order valence-electron chi connectivity index (χ2n) is 4.31. The molecular weight excluding hydrogens is 285 g/mol. The fraction of sp³-hybridized carbons (Fsp3) is 0.385. The summed E-state index contributed by atoms with van der Waals surface area (Å²) >= 11 is 1.39. The topological polar surface area (TPSA) is 66.8 Å². The van der Waals surface area contributed by atoms with E-state index >= 15 is 0 Å². The number of amides is 1. The Balaban J connectivity index is 2.01. The van der Waals surface area contributed by atoms with E-state index in [1.54, 1.807) is 13.0 Å². The van der Waals surface area contributed by atoms with Crippen molar-refractivity contribution >= 4 is 23.6 Å². The van der Waals surface area contributed by atoms with Gasteiger partial charge in [-0.15, -0.1) is 11.8 Å². The predicted molar refractivity (Wildman–Crippen MR) is 72.1 cm³/mol. The van der Waals surface area contributed by atoms with Gasteiger partial charge in [-0.2, -0.15) is 0 Å². The van der Waals surface area contributed by atoms with E-state index in [0.29, 0.717) is 5.75 Å². The van der Waals surface area contributed by atoms with Gasteiger partial charge in [-0.25, -0.2) is 9.18 Å². The molecule has 1 aliphatic heterocycles. The smallest absolute Gasteiger partial charge is 0.327 e. The van der Waals surface area contributed by atoms with Crippen LogP contribution in [-0.4, -0.2) is 45.7 Å². The molecule has 1 fully saturated rings. The molecule has 20 heavy (non-hydrogen) atoms. The average Bonchev–Trinajstić information content (AvgIpc) is 2.79. The predicted octanol–water partition coefficient (Wildman–Crippen LogP) is 1.58. The van der Waals surface area contributed by atoms with Crippen molar-refractivity contribution in [3.8, 4) is 5.75 Å². The summed E-state index contributed by atoms with van der Waals surface area (Å²) in [5.41, 5.74) is 0. The summed E-state index contributed by atoms with van der Waals surface area (Å²) < 4.78 is 18.5. The number of halogens is 1. The zero-order valence-electron chi connectivity index (χ0n) is 10.8. The van der Waals surface area contributed by atoms with Crippen LogP contribution in [0.4, 0.5) is 4.39 Å². The molecule has 1 amide bonds. The Bertz CT molecular complexity index is 525. The molecule has 2 unspecified atom stereocenters. The number of carboxylic acids is 1. The minimum absolute atomic E-state index is 0.0211. The minimum atomic E-state index is -1.04. The lowest BCUT2D eigenvalue weighted by Crippen LogP contribution is -2.46. The molecule has 0 saturated carbocycles. The summed E-state index contributed by atoms with van der Waals surface area (Å²) in [7, 11) is 0. The molecule has 5 nitrogen and oxygen atoms in total. The van der Waals surface area contributed by atoms with Crippen LogP contribution < -0.4 is 4.74 Å². The molecule has 0 radical (unpaired) electrons. The maximum absolute atomic E-state index is 13.4. The first-order valence-corrected chi connectivity index (χ1v) is 7.08. The number of aliphatic carboxylic acids is 1. The zero-order chi connectivity index (χ0) is 14.7. The maximum atomic E-state index is 13.4. The standard InChI is InChI=1S/C13H14FNO4S/c1-8-15(10(7-20-8)13(17)18)12(16)6-19-11-5-3-2-4-9(11)14/h2-5,8,10H,6-7H2,1H3,(H,17,18). The van der Waals surface area contributed by atoms with Gasteiger partial charge in [0.05, 0.1) is 5.37 Å². The van der Waals surface area contributed by atoms with Crippen LogP contribution in [0.3, 0.4) is 0 Å². The van der Waals surface area contributed by atoms with Gasteiger partial charge in [0.1, 0.15) is 6.04 Å². The highest BCUT2D eigenvalue weighted by Gasteiger charge is 2.39. The molecule has 0 bridgehead atoms. The highest BCUT2D eigenvalue weighted by Crippen LogP contribution is 2.29. The van der Waals surface area contributed by atoms with E-state index in [4.69, 9.17) is 9.84 Å². The quantitative estimate of drug-likeness (QED) is 0.914. The second-order valence-corrected chi connectivity index (χ2v) is 5.66. The molecule has 1 aromatic carbocycles. The van der Waals surface area contributed by atoms with Crippen LogP contribution in [0.15, 0.2) is 24.3 Å². The zero-order valence-corrected chi connectivity index (χ0v) is 11.6. The molecular formula is C13H14FNO4S. The molecule has 2 atom stereocenters. The van der Waals surface area contributed by atoms with Crippen molar-refractivity contribution in [2.45, 2.75) is 18.3 Å². The third kappa shape index (κ3) is 3.04. The molecule has 1 aliphatic rings.